The molecule has 0 radical (unpaired) electrons. The molecule has 0 spiro atoms. The number of Topliss-reactive ketones (excluding diaryl/α,β-unsaturated/α-hetero) is 1. The Kier molecular flexibility index (Phi) is 6.40. The second kappa shape index (κ2) is 7.59. The van der Waals surface area contributed by atoms with Crippen LogP contribution in [0.25, 0.3) is 0 Å². The number of nitrogens with two attached hydrogens (primary N) is 1. The summed E-state index contributed by atoms with van der Waals surface area (Å²) < 4.78 is 37.8. The fraction of sp³-hybridized carbons (Fsp3) is 0.562. The second-order valence-electron chi connectivity index (χ2n) is 5.65. The van der Waals surface area contributed by atoms with Crippen molar-refractivity contribution in [1.82, 2.24) is 0 Å². The maximum atomic E-state index is 12.6. The van der Waals surface area contributed by atoms with Crippen molar-refractivity contribution in [2.75, 3.05) is 0 Å². The van der Waals surface area contributed by atoms with Gasteiger partial charge in [0, 0.05) is 18.4 Å². The molecule has 118 valence electrons. The molecule has 21 heavy (non-hydrogen) atoms. The summed E-state index contributed by atoms with van der Waals surface area (Å²) in [6.45, 7) is 3.73. The third-order valence-corrected chi connectivity index (χ3v) is 3.48. The van der Waals surface area contributed by atoms with E-state index in [1.54, 1.807) is 6.07 Å². The highest BCUT2D eigenvalue weighted by Crippen LogP contribution is 2.29. The van der Waals surface area contributed by atoms with Crippen molar-refractivity contribution in [3.05, 3.63) is 35.4 Å². The molecule has 0 heterocycles. The first kappa shape index (κ1) is 17.7. The molecule has 1 aromatic carbocycles. The Bertz CT molecular complexity index is 469. The highest BCUT2D eigenvalue weighted by Gasteiger charge is 2.30. The number of ketones is 1. The van der Waals surface area contributed by atoms with Gasteiger partial charge in [0.25, 0.3) is 0 Å². The predicted octanol–water partition coefficient (Wildman–Crippen LogP) is 3.97. The largest absolute Gasteiger partial charge is 0.416 e. The number of halogens is 3. The number of hydrogen-bond acceptors (Lipinski definition) is 2. The fourth-order valence-corrected chi connectivity index (χ4v) is 2.14. The van der Waals surface area contributed by atoms with Gasteiger partial charge in [-0.2, -0.15) is 13.2 Å². The lowest BCUT2D eigenvalue weighted by molar-refractivity contribution is -0.137. The lowest BCUT2D eigenvalue weighted by Gasteiger charge is -2.12. The summed E-state index contributed by atoms with van der Waals surface area (Å²) in [7, 11) is 0. The second-order valence-corrected chi connectivity index (χ2v) is 5.65. The average Bonchev–Trinajstić information content (AvgIpc) is 2.37. The summed E-state index contributed by atoms with van der Waals surface area (Å²) >= 11 is 0. The van der Waals surface area contributed by atoms with Crippen LogP contribution in [-0.2, 0) is 17.4 Å². The molecular formula is C16H22F3NO. The first-order chi connectivity index (χ1) is 9.70. The molecule has 0 amide bonds. The van der Waals surface area contributed by atoms with E-state index < -0.39 is 11.7 Å². The highest BCUT2D eigenvalue weighted by atomic mass is 19.4. The summed E-state index contributed by atoms with van der Waals surface area (Å²) in [6, 6.07) is 5.07. The zero-order valence-electron chi connectivity index (χ0n) is 12.4. The summed E-state index contributed by atoms with van der Waals surface area (Å²) in [5, 5.41) is 0. The number of carbonyl (C=O) groups is 1. The van der Waals surface area contributed by atoms with E-state index in [-0.39, 0.29) is 24.2 Å². The molecule has 2 unspecified atom stereocenters. The van der Waals surface area contributed by atoms with Crippen LogP contribution >= 0.6 is 0 Å². The molecule has 0 aromatic heterocycles. The number of rotatable bonds is 7. The van der Waals surface area contributed by atoms with Crippen LogP contribution in [0.15, 0.2) is 24.3 Å². The average molecular weight is 301 g/mol. The van der Waals surface area contributed by atoms with Crippen LogP contribution < -0.4 is 5.73 Å². The zero-order valence-corrected chi connectivity index (χ0v) is 12.4. The Morgan fingerprint density at radius 2 is 1.90 bits per heavy atom. The van der Waals surface area contributed by atoms with Crippen molar-refractivity contribution >= 4 is 5.78 Å². The van der Waals surface area contributed by atoms with Gasteiger partial charge in [-0.25, -0.2) is 0 Å². The monoisotopic (exact) mass is 301 g/mol. The first-order valence-electron chi connectivity index (χ1n) is 7.14. The molecule has 5 heteroatoms. The Morgan fingerprint density at radius 1 is 1.24 bits per heavy atom. The van der Waals surface area contributed by atoms with Crippen molar-refractivity contribution in [3.63, 3.8) is 0 Å². The molecule has 2 atom stereocenters. The molecule has 0 bridgehead atoms. The van der Waals surface area contributed by atoms with Crippen molar-refractivity contribution in [2.45, 2.75) is 51.7 Å². The topological polar surface area (TPSA) is 43.1 Å². The van der Waals surface area contributed by atoms with Gasteiger partial charge in [-0.15, -0.1) is 0 Å². The molecule has 2 N–H and O–H groups in total. The van der Waals surface area contributed by atoms with Crippen molar-refractivity contribution in [3.8, 4) is 0 Å². The normalized spacial score (nSPS) is 14.8. The van der Waals surface area contributed by atoms with Crippen LogP contribution in [0.1, 0.15) is 44.2 Å². The molecule has 0 aliphatic carbocycles. The number of alkyl halides is 3. The van der Waals surface area contributed by atoms with E-state index in [4.69, 9.17) is 5.73 Å². The molecular weight excluding hydrogens is 279 g/mol. The SMILES string of the molecule is CC(N)CCCC(C)C(=O)Cc1cccc(C(F)(F)F)c1. The maximum absolute atomic E-state index is 12.6. The summed E-state index contributed by atoms with van der Waals surface area (Å²) in [5.41, 5.74) is 5.34. The summed E-state index contributed by atoms with van der Waals surface area (Å²) in [6.07, 6.45) is -1.90. The molecule has 0 saturated carbocycles. The summed E-state index contributed by atoms with van der Waals surface area (Å²) in [5.74, 6) is -0.183. The van der Waals surface area contributed by atoms with E-state index in [1.165, 1.54) is 6.07 Å². The predicted molar refractivity (Wildman–Crippen MR) is 76.8 cm³/mol. The highest BCUT2D eigenvalue weighted by molar-refractivity contribution is 5.82. The Balaban J connectivity index is 2.58. The Hall–Kier alpha value is -1.36. The van der Waals surface area contributed by atoms with Crippen LogP contribution in [0.5, 0.6) is 0 Å². The van der Waals surface area contributed by atoms with Gasteiger partial charge in [-0.3, -0.25) is 4.79 Å². The van der Waals surface area contributed by atoms with Gasteiger partial charge < -0.3 is 5.73 Å². The quantitative estimate of drug-likeness (QED) is 0.828. The van der Waals surface area contributed by atoms with Gasteiger partial charge in [0.05, 0.1) is 5.56 Å². The van der Waals surface area contributed by atoms with E-state index in [0.717, 1.165) is 31.4 Å². The zero-order chi connectivity index (χ0) is 16.0. The number of benzene rings is 1. The van der Waals surface area contributed by atoms with Crippen LogP contribution in [0, 0.1) is 5.92 Å². The maximum Gasteiger partial charge on any atom is 0.416 e. The minimum absolute atomic E-state index is 0.0287. The fourth-order valence-electron chi connectivity index (χ4n) is 2.14. The minimum Gasteiger partial charge on any atom is -0.328 e. The number of carbonyl (C=O) groups excluding carboxylic acids is 1. The van der Waals surface area contributed by atoms with E-state index in [0.29, 0.717) is 5.56 Å². The first-order valence-corrected chi connectivity index (χ1v) is 7.14. The Morgan fingerprint density at radius 3 is 2.48 bits per heavy atom. The Labute approximate surface area is 123 Å². The molecule has 2 nitrogen and oxygen atoms in total. The number of hydrogen-bond donors (Lipinski definition) is 1. The molecule has 0 saturated heterocycles. The third kappa shape index (κ3) is 6.29. The summed E-state index contributed by atoms with van der Waals surface area (Å²) in [4.78, 5) is 12.0. The van der Waals surface area contributed by atoms with Crippen LogP contribution in [0.2, 0.25) is 0 Å². The van der Waals surface area contributed by atoms with E-state index in [1.807, 2.05) is 13.8 Å². The van der Waals surface area contributed by atoms with Crippen LogP contribution in [-0.4, -0.2) is 11.8 Å². The molecule has 0 fully saturated rings. The molecule has 0 aliphatic rings. The van der Waals surface area contributed by atoms with Gasteiger partial charge in [-0.1, -0.05) is 31.5 Å². The molecule has 0 aliphatic heterocycles. The smallest absolute Gasteiger partial charge is 0.328 e. The lowest BCUT2D eigenvalue weighted by Crippen LogP contribution is -2.17. The van der Waals surface area contributed by atoms with Gasteiger partial charge in [0.2, 0.25) is 0 Å². The van der Waals surface area contributed by atoms with E-state index >= 15 is 0 Å². The van der Waals surface area contributed by atoms with Gasteiger partial charge in [0.1, 0.15) is 5.78 Å². The van der Waals surface area contributed by atoms with E-state index in [2.05, 4.69) is 0 Å². The molecule has 1 rings (SSSR count). The van der Waals surface area contributed by atoms with Gasteiger partial charge in [0.15, 0.2) is 0 Å². The van der Waals surface area contributed by atoms with Crippen LogP contribution in [0.3, 0.4) is 0 Å². The standard InChI is InChI=1S/C16H22F3NO/c1-11(5-3-6-12(2)20)15(21)10-13-7-4-8-14(9-13)16(17,18)19/h4,7-9,11-12H,3,5-6,10,20H2,1-2H3. The van der Waals surface area contributed by atoms with Gasteiger partial charge >= 0.3 is 6.18 Å². The minimum atomic E-state index is -4.37. The van der Waals surface area contributed by atoms with Crippen molar-refractivity contribution in [2.24, 2.45) is 11.7 Å². The lowest BCUT2D eigenvalue weighted by atomic mass is 9.93. The van der Waals surface area contributed by atoms with Crippen molar-refractivity contribution < 1.29 is 18.0 Å². The van der Waals surface area contributed by atoms with Gasteiger partial charge in [-0.05, 0) is 31.4 Å². The third-order valence-electron chi connectivity index (χ3n) is 3.48. The van der Waals surface area contributed by atoms with Crippen molar-refractivity contribution in [1.29, 1.82) is 0 Å². The van der Waals surface area contributed by atoms with E-state index in [9.17, 15) is 18.0 Å². The van der Waals surface area contributed by atoms with Crippen LogP contribution in [0.4, 0.5) is 13.2 Å². The molecule has 1 aromatic rings.